The normalized spacial score (nSPS) is 13.6. The molecular formula is C24H27F4N3O6. The number of halogens is 4. The topological polar surface area (TPSA) is 129 Å². The van der Waals surface area contributed by atoms with E-state index < -0.39 is 62.3 Å². The highest BCUT2D eigenvalue weighted by Gasteiger charge is 2.30. The summed E-state index contributed by atoms with van der Waals surface area (Å²) < 4.78 is 63.1. The van der Waals surface area contributed by atoms with Gasteiger partial charge in [0.15, 0.2) is 0 Å². The summed E-state index contributed by atoms with van der Waals surface area (Å²) in [7, 11) is 0. The van der Waals surface area contributed by atoms with E-state index in [-0.39, 0.29) is 13.0 Å². The number of amides is 2. The first-order valence-corrected chi connectivity index (χ1v) is 11.1. The van der Waals surface area contributed by atoms with Crippen LogP contribution < -0.4 is 16.4 Å². The minimum absolute atomic E-state index is 0.0156. The second-order valence-electron chi connectivity index (χ2n) is 7.70. The van der Waals surface area contributed by atoms with E-state index in [2.05, 4.69) is 20.1 Å². The zero-order valence-corrected chi connectivity index (χ0v) is 19.5. The molecule has 0 aromatic heterocycles. The lowest BCUT2D eigenvalue weighted by molar-refractivity contribution is -0.154. The lowest BCUT2D eigenvalue weighted by atomic mass is 10.1. The van der Waals surface area contributed by atoms with E-state index in [1.165, 1.54) is 0 Å². The molecule has 2 aromatic carbocycles. The summed E-state index contributed by atoms with van der Waals surface area (Å²) in [5, 5.41) is 4.43. The highest BCUT2D eigenvalue weighted by molar-refractivity contribution is 5.92. The summed E-state index contributed by atoms with van der Waals surface area (Å²) in [5.74, 6) is -3.01. The average molecular weight is 529 g/mol. The summed E-state index contributed by atoms with van der Waals surface area (Å²) >= 11 is 0. The van der Waals surface area contributed by atoms with E-state index in [9.17, 15) is 31.9 Å². The number of esters is 1. The van der Waals surface area contributed by atoms with Gasteiger partial charge in [-0.1, -0.05) is 60.7 Å². The van der Waals surface area contributed by atoms with Gasteiger partial charge in [0.2, 0.25) is 11.8 Å². The molecule has 0 aliphatic heterocycles. The summed E-state index contributed by atoms with van der Waals surface area (Å²) in [5.41, 5.74) is 6.79. The molecule has 0 aliphatic rings. The number of rotatable bonds is 15. The van der Waals surface area contributed by atoms with Crippen LogP contribution in [0.1, 0.15) is 11.1 Å². The molecule has 2 aromatic rings. The fraction of sp³-hybridized carbons (Fsp3) is 0.375. The van der Waals surface area contributed by atoms with Crippen LogP contribution in [0, 0.1) is 0 Å². The van der Waals surface area contributed by atoms with Crippen molar-refractivity contribution in [2.45, 2.75) is 44.4 Å². The average Bonchev–Trinajstić information content (AvgIpc) is 2.88. The smallest absolute Gasteiger partial charge is 0.345 e. The number of nitrogens with one attached hydrogen (secondary N) is 2. The monoisotopic (exact) mass is 529 g/mol. The van der Waals surface area contributed by atoms with Crippen LogP contribution in [0.3, 0.4) is 0 Å². The minimum atomic E-state index is -3.28. The quantitative estimate of drug-likeness (QED) is 0.237. The first-order chi connectivity index (χ1) is 17.7. The van der Waals surface area contributed by atoms with Crippen molar-refractivity contribution < 1.29 is 46.2 Å². The van der Waals surface area contributed by atoms with Crippen molar-refractivity contribution >= 4 is 17.8 Å². The third kappa shape index (κ3) is 11.4. The molecule has 0 aliphatic carbocycles. The van der Waals surface area contributed by atoms with E-state index in [1.54, 1.807) is 60.7 Å². The zero-order chi connectivity index (χ0) is 27.2. The summed E-state index contributed by atoms with van der Waals surface area (Å²) in [6.45, 7) is -8.45. The van der Waals surface area contributed by atoms with Crippen molar-refractivity contribution in [2.24, 2.45) is 5.73 Å². The van der Waals surface area contributed by atoms with E-state index in [0.717, 1.165) is 0 Å². The lowest BCUT2D eigenvalue weighted by Gasteiger charge is -2.24. The number of hydrogen-bond donors (Lipinski definition) is 3. The molecule has 37 heavy (non-hydrogen) atoms. The van der Waals surface area contributed by atoms with Crippen LogP contribution in [0.15, 0.2) is 60.7 Å². The molecule has 0 unspecified atom stereocenters. The fourth-order valence-corrected chi connectivity index (χ4v) is 3.03. The summed E-state index contributed by atoms with van der Waals surface area (Å²) in [6.07, 6.45) is -0.0156. The van der Waals surface area contributed by atoms with Crippen LogP contribution in [0.2, 0.25) is 0 Å². The first kappa shape index (κ1) is 29.7. The second-order valence-corrected chi connectivity index (χ2v) is 7.70. The van der Waals surface area contributed by atoms with Crippen molar-refractivity contribution in [1.29, 1.82) is 0 Å². The van der Waals surface area contributed by atoms with Crippen LogP contribution in [-0.2, 0) is 41.6 Å². The second kappa shape index (κ2) is 15.5. The molecular weight excluding hydrogens is 502 g/mol. The molecule has 0 fully saturated rings. The van der Waals surface area contributed by atoms with E-state index in [0.29, 0.717) is 11.1 Å². The summed E-state index contributed by atoms with van der Waals surface area (Å²) in [4.78, 5) is 38.0. The van der Waals surface area contributed by atoms with Gasteiger partial charge in [-0.3, -0.25) is 9.59 Å². The minimum Gasteiger partial charge on any atom is -0.459 e. The Balaban J connectivity index is 2.13. The highest BCUT2D eigenvalue weighted by Crippen LogP contribution is 2.08. The Kier molecular flexibility index (Phi) is 12.5. The molecule has 3 atom stereocenters. The largest absolute Gasteiger partial charge is 0.459 e. The molecule has 0 saturated carbocycles. The van der Waals surface area contributed by atoms with Crippen molar-refractivity contribution in [3.63, 3.8) is 0 Å². The summed E-state index contributed by atoms with van der Waals surface area (Å²) in [6, 6.07) is 12.7. The molecule has 0 radical (unpaired) electrons. The van der Waals surface area contributed by atoms with Gasteiger partial charge in [-0.15, -0.1) is 0 Å². The van der Waals surface area contributed by atoms with Gasteiger partial charge in [-0.2, -0.15) is 17.6 Å². The van der Waals surface area contributed by atoms with Gasteiger partial charge in [0.05, 0.1) is 13.2 Å². The first-order valence-electron chi connectivity index (χ1n) is 11.1. The molecule has 4 N–H and O–H groups in total. The van der Waals surface area contributed by atoms with Crippen molar-refractivity contribution in [3.05, 3.63) is 71.8 Å². The number of carbonyl (C=O) groups is 3. The number of benzene rings is 2. The highest BCUT2D eigenvalue weighted by atomic mass is 19.3. The van der Waals surface area contributed by atoms with Gasteiger partial charge in [-0.05, 0) is 11.1 Å². The van der Waals surface area contributed by atoms with Gasteiger partial charge in [0.1, 0.15) is 24.7 Å². The molecule has 2 amide bonds. The van der Waals surface area contributed by atoms with Crippen LogP contribution in [0.4, 0.5) is 17.6 Å². The van der Waals surface area contributed by atoms with E-state index in [1.807, 2.05) is 0 Å². The van der Waals surface area contributed by atoms with Gasteiger partial charge >= 0.3 is 19.2 Å². The van der Waals surface area contributed by atoms with Crippen molar-refractivity contribution in [1.82, 2.24) is 10.6 Å². The predicted molar refractivity (Wildman–Crippen MR) is 122 cm³/mol. The van der Waals surface area contributed by atoms with Crippen molar-refractivity contribution in [2.75, 3.05) is 13.2 Å². The van der Waals surface area contributed by atoms with Crippen LogP contribution in [0.5, 0.6) is 0 Å². The number of nitrogens with two attached hydrogens (primary N) is 1. The Bertz CT molecular complexity index is 985. The molecule has 0 spiro atoms. The van der Waals surface area contributed by atoms with Gasteiger partial charge in [0, 0.05) is 6.42 Å². The predicted octanol–water partition coefficient (Wildman–Crippen LogP) is 1.75. The van der Waals surface area contributed by atoms with E-state index >= 15 is 0 Å². The number of carbonyl (C=O) groups excluding carboxylic acids is 3. The molecule has 13 heteroatoms. The van der Waals surface area contributed by atoms with Gasteiger partial charge in [0.25, 0.3) is 0 Å². The zero-order valence-electron chi connectivity index (χ0n) is 19.5. The Hall–Kier alpha value is -3.55. The maximum absolute atomic E-state index is 12.9. The Labute approximate surface area is 210 Å². The number of alkyl halides is 4. The maximum atomic E-state index is 12.9. The standard InChI is InChI=1S/C24H27F4N3O6/c25-23(26)36-13-17(29)20(32)31-19(14-37-24(27)28)21(33)30-18(11-15-7-3-1-4-8-15)22(34)35-12-16-9-5-2-6-10-16/h1-10,17-19,23-24H,11-14,29H2,(H,30,33)(H,31,32)/t17-,18-,19-/m0/s1. The molecule has 0 heterocycles. The molecule has 202 valence electrons. The number of ether oxygens (including phenoxy) is 3. The lowest BCUT2D eigenvalue weighted by Crippen LogP contribution is -2.57. The SMILES string of the molecule is N[C@@H](COC(F)F)C(=O)N[C@@H](COC(F)F)C(=O)N[C@@H](Cc1ccccc1)C(=O)OCc1ccccc1. The van der Waals surface area contributed by atoms with E-state index in [4.69, 9.17) is 10.5 Å². The fourth-order valence-electron chi connectivity index (χ4n) is 3.03. The van der Waals surface area contributed by atoms with Gasteiger partial charge in [-0.25, -0.2) is 4.79 Å². The number of hydrogen-bond acceptors (Lipinski definition) is 7. The molecule has 9 nitrogen and oxygen atoms in total. The van der Waals surface area contributed by atoms with Crippen LogP contribution in [0.25, 0.3) is 0 Å². The van der Waals surface area contributed by atoms with Crippen LogP contribution >= 0.6 is 0 Å². The third-order valence-electron chi connectivity index (χ3n) is 4.87. The Morgan fingerprint density at radius 1 is 0.730 bits per heavy atom. The van der Waals surface area contributed by atoms with Crippen molar-refractivity contribution in [3.8, 4) is 0 Å². The molecule has 0 bridgehead atoms. The Morgan fingerprint density at radius 3 is 1.81 bits per heavy atom. The maximum Gasteiger partial charge on any atom is 0.345 e. The Morgan fingerprint density at radius 2 is 1.24 bits per heavy atom. The molecule has 2 rings (SSSR count). The van der Waals surface area contributed by atoms with Crippen LogP contribution in [-0.4, -0.2) is 62.3 Å². The molecule has 0 saturated heterocycles. The van der Waals surface area contributed by atoms with Gasteiger partial charge < -0.3 is 30.6 Å². The third-order valence-corrected chi connectivity index (χ3v) is 4.87.